The number of thioether (sulfide) groups is 1. The molecule has 102 valence electrons. The SMILES string of the molecule is NC(=O)C1CC(=O)N(CCCSc2ccccc2)C1. The van der Waals surface area contributed by atoms with Gasteiger partial charge in [0.2, 0.25) is 11.8 Å². The van der Waals surface area contributed by atoms with Crippen molar-refractivity contribution in [1.82, 2.24) is 4.90 Å². The summed E-state index contributed by atoms with van der Waals surface area (Å²) in [6.07, 6.45) is 1.21. The fourth-order valence-electron chi connectivity index (χ4n) is 2.14. The number of amides is 2. The van der Waals surface area contributed by atoms with Crippen LogP contribution in [0.5, 0.6) is 0 Å². The molecule has 1 aliphatic rings. The first-order valence-electron chi connectivity index (χ1n) is 6.42. The second kappa shape index (κ2) is 6.61. The van der Waals surface area contributed by atoms with E-state index >= 15 is 0 Å². The Hall–Kier alpha value is -1.49. The van der Waals surface area contributed by atoms with Gasteiger partial charge >= 0.3 is 0 Å². The van der Waals surface area contributed by atoms with Crippen molar-refractivity contribution in [2.45, 2.75) is 17.7 Å². The van der Waals surface area contributed by atoms with Crippen LogP contribution in [0.4, 0.5) is 0 Å². The number of likely N-dealkylation sites (tertiary alicyclic amines) is 1. The Morgan fingerprint density at radius 1 is 1.37 bits per heavy atom. The second-order valence-corrected chi connectivity index (χ2v) is 5.83. The third-order valence-corrected chi connectivity index (χ3v) is 4.30. The lowest BCUT2D eigenvalue weighted by molar-refractivity contribution is -0.128. The van der Waals surface area contributed by atoms with Gasteiger partial charge in [0, 0.05) is 24.4 Å². The van der Waals surface area contributed by atoms with E-state index in [9.17, 15) is 9.59 Å². The van der Waals surface area contributed by atoms with E-state index in [0.717, 1.165) is 12.2 Å². The minimum Gasteiger partial charge on any atom is -0.369 e. The van der Waals surface area contributed by atoms with Crippen LogP contribution in [0.3, 0.4) is 0 Å². The zero-order valence-corrected chi connectivity index (χ0v) is 11.6. The third-order valence-electron chi connectivity index (χ3n) is 3.20. The van der Waals surface area contributed by atoms with Gasteiger partial charge in [-0.25, -0.2) is 0 Å². The summed E-state index contributed by atoms with van der Waals surface area (Å²) in [6, 6.07) is 10.2. The summed E-state index contributed by atoms with van der Waals surface area (Å²) in [6.45, 7) is 1.20. The summed E-state index contributed by atoms with van der Waals surface area (Å²) in [7, 11) is 0. The van der Waals surface area contributed by atoms with Crippen molar-refractivity contribution in [2.75, 3.05) is 18.8 Å². The molecule has 1 saturated heterocycles. The van der Waals surface area contributed by atoms with Crippen LogP contribution in [0, 0.1) is 5.92 Å². The molecule has 2 rings (SSSR count). The maximum atomic E-state index is 11.7. The molecule has 1 fully saturated rings. The number of hydrogen-bond donors (Lipinski definition) is 1. The molecule has 2 N–H and O–H groups in total. The van der Waals surface area contributed by atoms with Gasteiger partial charge in [-0.1, -0.05) is 18.2 Å². The van der Waals surface area contributed by atoms with E-state index in [1.165, 1.54) is 4.90 Å². The monoisotopic (exact) mass is 278 g/mol. The van der Waals surface area contributed by atoms with Crippen LogP contribution in [-0.4, -0.2) is 35.6 Å². The van der Waals surface area contributed by atoms with Crippen molar-refractivity contribution < 1.29 is 9.59 Å². The van der Waals surface area contributed by atoms with Crippen LogP contribution >= 0.6 is 11.8 Å². The molecule has 1 aromatic carbocycles. The van der Waals surface area contributed by atoms with E-state index < -0.39 is 0 Å². The van der Waals surface area contributed by atoms with E-state index in [0.29, 0.717) is 13.1 Å². The first-order valence-corrected chi connectivity index (χ1v) is 7.40. The molecular formula is C14H18N2O2S. The van der Waals surface area contributed by atoms with Crippen LogP contribution in [0.1, 0.15) is 12.8 Å². The standard InChI is InChI=1S/C14H18N2O2S/c15-14(18)11-9-13(17)16(10-11)7-4-8-19-12-5-2-1-3-6-12/h1-3,5-6,11H,4,7-10H2,(H2,15,18). The molecule has 0 aliphatic carbocycles. The number of nitrogens with zero attached hydrogens (tertiary/aromatic N) is 1. The minimum absolute atomic E-state index is 0.0495. The topological polar surface area (TPSA) is 63.4 Å². The number of benzene rings is 1. The van der Waals surface area contributed by atoms with Crippen LogP contribution in [0.2, 0.25) is 0 Å². The summed E-state index contributed by atoms with van der Waals surface area (Å²) in [4.78, 5) is 25.7. The summed E-state index contributed by atoms with van der Waals surface area (Å²) in [5.74, 6) is 0.354. The van der Waals surface area contributed by atoms with E-state index in [4.69, 9.17) is 5.73 Å². The highest BCUT2D eigenvalue weighted by molar-refractivity contribution is 7.99. The van der Waals surface area contributed by atoms with Gasteiger partial charge in [0.1, 0.15) is 0 Å². The van der Waals surface area contributed by atoms with E-state index in [2.05, 4.69) is 12.1 Å². The van der Waals surface area contributed by atoms with E-state index in [-0.39, 0.29) is 24.2 Å². The van der Waals surface area contributed by atoms with Gasteiger partial charge in [0.25, 0.3) is 0 Å². The normalized spacial score (nSPS) is 18.8. The summed E-state index contributed by atoms with van der Waals surface area (Å²) in [5.41, 5.74) is 5.23. The molecule has 0 radical (unpaired) electrons. The highest BCUT2D eigenvalue weighted by Crippen LogP contribution is 2.20. The second-order valence-electron chi connectivity index (χ2n) is 4.66. The minimum atomic E-state index is -0.366. The lowest BCUT2D eigenvalue weighted by atomic mass is 10.1. The highest BCUT2D eigenvalue weighted by Gasteiger charge is 2.32. The average molecular weight is 278 g/mol. The highest BCUT2D eigenvalue weighted by atomic mass is 32.2. The molecule has 1 unspecified atom stereocenters. The fraction of sp³-hybridized carbons (Fsp3) is 0.429. The van der Waals surface area contributed by atoms with E-state index in [1.807, 2.05) is 18.2 Å². The Morgan fingerprint density at radius 3 is 2.74 bits per heavy atom. The molecule has 0 spiro atoms. The van der Waals surface area contributed by atoms with Gasteiger partial charge in [-0.05, 0) is 24.3 Å². The van der Waals surface area contributed by atoms with E-state index in [1.54, 1.807) is 16.7 Å². The summed E-state index contributed by atoms with van der Waals surface area (Å²) < 4.78 is 0. The van der Waals surface area contributed by atoms with Gasteiger partial charge in [-0.15, -0.1) is 11.8 Å². The van der Waals surface area contributed by atoms with Crippen LogP contribution in [0.25, 0.3) is 0 Å². The van der Waals surface area contributed by atoms with Crippen LogP contribution in [0.15, 0.2) is 35.2 Å². The Bertz CT molecular complexity index is 450. The molecule has 1 aliphatic heterocycles. The lowest BCUT2D eigenvalue weighted by Crippen LogP contribution is -2.29. The Labute approximate surface area is 117 Å². The zero-order chi connectivity index (χ0) is 13.7. The molecule has 1 aromatic rings. The largest absolute Gasteiger partial charge is 0.369 e. The first-order chi connectivity index (χ1) is 9.16. The summed E-state index contributed by atoms with van der Waals surface area (Å²) >= 11 is 1.78. The van der Waals surface area contributed by atoms with Crippen molar-refractivity contribution in [3.8, 4) is 0 Å². The molecule has 19 heavy (non-hydrogen) atoms. The third kappa shape index (κ3) is 3.99. The number of carbonyl (C=O) groups excluding carboxylic acids is 2. The molecule has 2 amide bonds. The number of rotatable bonds is 6. The van der Waals surface area contributed by atoms with Crippen molar-refractivity contribution >= 4 is 23.6 Å². The molecule has 1 heterocycles. The predicted molar refractivity (Wildman–Crippen MR) is 75.7 cm³/mol. The van der Waals surface area contributed by atoms with Gasteiger partial charge in [0.05, 0.1) is 5.92 Å². The predicted octanol–water partition coefficient (Wildman–Crippen LogP) is 1.50. The summed E-state index contributed by atoms with van der Waals surface area (Å²) in [5, 5.41) is 0. The number of nitrogens with two attached hydrogens (primary N) is 1. The Balaban J connectivity index is 1.69. The Morgan fingerprint density at radius 2 is 2.11 bits per heavy atom. The fourth-order valence-corrected chi connectivity index (χ4v) is 3.00. The van der Waals surface area contributed by atoms with Crippen LogP contribution < -0.4 is 5.73 Å². The van der Waals surface area contributed by atoms with Gasteiger partial charge in [0.15, 0.2) is 0 Å². The smallest absolute Gasteiger partial charge is 0.223 e. The lowest BCUT2D eigenvalue weighted by Gasteiger charge is -2.15. The van der Waals surface area contributed by atoms with Gasteiger partial charge in [-0.2, -0.15) is 0 Å². The maximum absolute atomic E-state index is 11.7. The van der Waals surface area contributed by atoms with Crippen molar-refractivity contribution in [3.05, 3.63) is 30.3 Å². The molecule has 1 atom stereocenters. The molecular weight excluding hydrogens is 260 g/mol. The first kappa shape index (κ1) is 13.9. The zero-order valence-electron chi connectivity index (χ0n) is 10.7. The molecule has 4 nitrogen and oxygen atoms in total. The molecule has 0 aromatic heterocycles. The number of carbonyl (C=O) groups is 2. The van der Waals surface area contributed by atoms with Crippen molar-refractivity contribution in [2.24, 2.45) is 11.7 Å². The Kier molecular flexibility index (Phi) is 4.85. The van der Waals surface area contributed by atoms with Gasteiger partial charge in [-0.3, -0.25) is 9.59 Å². The molecule has 0 saturated carbocycles. The van der Waals surface area contributed by atoms with Crippen molar-refractivity contribution in [1.29, 1.82) is 0 Å². The van der Waals surface area contributed by atoms with Crippen LogP contribution in [-0.2, 0) is 9.59 Å². The maximum Gasteiger partial charge on any atom is 0.223 e. The van der Waals surface area contributed by atoms with Gasteiger partial charge < -0.3 is 10.6 Å². The number of primary amides is 1. The quantitative estimate of drug-likeness (QED) is 0.633. The molecule has 5 heteroatoms. The average Bonchev–Trinajstić information content (AvgIpc) is 2.78. The number of hydrogen-bond acceptors (Lipinski definition) is 3. The molecule has 0 bridgehead atoms. The van der Waals surface area contributed by atoms with Crippen molar-refractivity contribution in [3.63, 3.8) is 0 Å².